The van der Waals surface area contributed by atoms with Crippen LogP contribution >= 0.6 is 0 Å². The lowest BCUT2D eigenvalue weighted by Gasteiger charge is -2.28. The first-order valence-corrected chi connectivity index (χ1v) is 14.9. The predicted molar refractivity (Wildman–Crippen MR) is 169 cm³/mol. The lowest BCUT2D eigenvalue weighted by Crippen LogP contribution is -2.55. The minimum atomic E-state index is -1.42. The molecule has 4 atom stereocenters. The van der Waals surface area contributed by atoms with E-state index in [0.717, 1.165) is 5.56 Å². The number of aliphatic hydroxyl groups is 1. The molecule has 0 unspecified atom stereocenters. The summed E-state index contributed by atoms with van der Waals surface area (Å²) >= 11 is 0. The molecule has 240 valence electrons. The Bertz CT molecular complexity index is 1260. The average molecular weight is 610 g/mol. The van der Waals surface area contributed by atoms with Gasteiger partial charge in [0.2, 0.25) is 11.8 Å². The molecule has 3 amide bonds. The Labute approximate surface area is 260 Å². The van der Waals surface area contributed by atoms with Crippen LogP contribution in [0.2, 0.25) is 0 Å². The molecule has 4 N–H and O–H groups in total. The van der Waals surface area contributed by atoms with Crippen molar-refractivity contribution >= 4 is 30.0 Å². The molecule has 0 aliphatic rings. The summed E-state index contributed by atoms with van der Waals surface area (Å²) in [6, 6.07) is 16.3. The van der Waals surface area contributed by atoms with E-state index in [2.05, 4.69) is 16.0 Å². The number of nitrogens with one attached hydrogen (secondary N) is 3. The first-order valence-electron chi connectivity index (χ1n) is 14.9. The SMILES string of the molecule is CC[C@H](C)[C@H](NC(=O)C[C@H](O)/C(=C\c1ccccc1)NC(=O)OC(C)(C)C)C(=O)N[C@H](C(=O)OCc1ccccc1)C(C)C. The van der Waals surface area contributed by atoms with Gasteiger partial charge in [-0.1, -0.05) is 94.8 Å². The van der Waals surface area contributed by atoms with Crippen molar-refractivity contribution in [1.82, 2.24) is 16.0 Å². The van der Waals surface area contributed by atoms with E-state index in [1.165, 1.54) is 0 Å². The standard InChI is InChI=1S/C34H47N3O7/c1-8-23(4)30(31(40)37-29(22(2)3)32(41)43-21-25-17-13-10-14-18-25)36-28(39)20-27(38)26(19-24-15-11-9-12-16-24)35-33(42)44-34(5,6)7/h9-19,22-23,27,29-30,38H,8,20-21H2,1-7H3,(H,35,42)(H,36,39)(H,37,40)/b26-19+/t23-,27-,29-,30-/m0/s1. The Kier molecular flexibility index (Phi) is 14.1. The molecule has 0 saturated heterocycles. The van der Waals surface area contributed by atoms with Gasteiger partial charge >= 0.3 is 12.1 Å². The lowest BCUT2D eigenvalue weighted by atomic mass is 9.96. The predicted octanol–water partition coefficient (Wildman–Crippen LogP) is 4.72. The van der Waals surface area contributed by atoms with Crippen molar-refractivity contribution in [3.63, 3.8) is 0 Å². The zero-order chi connectivity index (χ0) is 32.9. The summed E-state index contributed by atoms with van der Waals surface area (Å²) in [7, 11) is 0. The number of benzene rings is 2. The molecular weight excluding hydrogens is 562 g/mol. The summed E-state index contributed by atoms with van der Waals surface area (Å²) in [6.45, 7) is 12.5. The fraction of sp³-hybridized carbons (Fsp3) is 0.471. The highest BCUT2D eigenvalue weighted by molar-refractivity contribution is 5.91. The smallest absolute Gasteiger partial charge is 0.411 e. The number of carbonyl (C=O) groups excluding carboxylic acids is 4. The second-order valence-corrected chi connectivity index (χ2v) is 12.1. The van der Waals surface area contributed by atoms with Crippen LogP contribution in [0.4, 0.5) is 4.79 Å². The minimum Gasteiger partial charge on any atom is -0.459 e. The van der Waals surface area contributed by atoms with Crippen LogP contribution in [0.1, 0.15) is 72.4 Å². The zero-order valence-corrected chi connectivity index (χ0v) is 26.8. The van der Waals surface area contributed by atoms with Crippen LogP contribution in [-0.4, -0.2) is 52.8 Å². The van der Waals surface area contributed by atoms with E-state index in [1.54, 1.807) is 65.0 Å². The van der Waals surface area contributed by atoms with Gasteiger partial charge in [-0.05, 0) is 49.8 Å². The molecule has 0 saturated carbocycles. The highest BCUT2D eigenvalue weighted by atomic mass is 16.6. The number of alkyl carbamates (subject to hydrolysis) is 1. The summed E-state index contributed by atoms with van der Waals surface area (Å²) in [5.41, 5.74) is 0.794. The fourth-order valence-electron chi connectivity index (χ4n) is 4.14. The number of esters is 1. The van der Waals surface area contributed by atoms with E-state index in [4.69, 9.17) is 9.47 Å². The summed E-state index contributed by atoms with van der Waals surface area (Å²) in [6.07, 6.45) is -0.531. The van der Waals surface area contributed by atoms with Gasteiger partial charge in [0.1, 0.15) is 30.4 Å². The van der Waals surface area contributed by atoms with E-state index < -0.39 is 54.1 Å². The van der Waals surface area contributed by atoms with Gasteiger partial charge in [-0.3, -0.25) is 14.9 Å². The van der Waals surface area contributed by atoms with E-state index >= 15 is 0 Å². The van der Waals surface area contributed by atoms with Crippen LogP contribution in [0.15, 0.2) is 66.4 Å². The third kappa shape index (κ3) is 12.6. The topological polar surface area (TPSA) is 143 Å². The number of aliphatic hydroxyl groups excluding tert-OH is 1. The van der Waals surface area contributed by atoms with Crippen LogP contribution in [0.5, 0.6) is 0 Å². The number of hydrogen-bond donors (Lipinski definition) is 4. The summed E-state index contributed by atoms with van der Waals surface area (Å²) in [5.74, 6) is -2.30. The van der Waals surface area contributed by atoms with Crippen molar-refractivity contribution in [1.29, 1.82) is 0 Å². The summed E-state index contributed by atoms with van der Waals surface area (Å²) < 4.78 is 10.8. The molecule has 0 spiro atoms. The third-order valence-corrected chi connectivity index (χ3v) is 6.76. The number of amides is 3. The number of hydrogen-bond acceptors (Lipinski definition) is 7. The van der Waals surface area contributed by atoms with Gasteiger partial charge < -0.3 is 25.2 Å². The van der Waals surface area contributed by atoms with E-state index in [-0.39, 0.29) is 24.1 Å². The molecule has 2 aromatic rings. The van der Waals surface area contributed by atoms with Crippen LogP contribution in [0.3, 0.4) is 0 Å². The maximum absolute atomic E-state index is 13.4. The minimum absolute atomic E-state index is 0.0613. The molecule has 0 aromatic heterocycles. The highest BCUT2D eigenvalue weighted by Crippen LogP contribution is 2.16. The Morgan fingerprint density at radius 1 is 0.886 bits per heavy atom. The van der Waals surface area contributed by atoms with Crippen LogP contribution in [0.25, 0.3) is 6.08 Å². The lowest BCUT2D eigenvalue weighted by molar-refractivity contribution is -0.150. The van der Waals surface area contributed by atoms with Gasteiger partial charge in [-0.2, -0.15) is 0 Å². The largest absolute Gasteiger partial charge is 0.459 e. The first-order chi connectivity index (χ1) is 20.7. The van der Waals surface area contributed by atoms with Gasteiger partial charge in [0.05, 0.1) is 12.1 Å². The molecule has 0 fully saturated rings. The molecule has 2 aromatic carbocycles. The number of rotatable bonds is 14. The van der Waals surface area contributed by atoms with Gasteiger partial charge in [-0.25, -0.2) is 9.59 Å². The third-order valence-electron chi connectivity index (χ3n) is 6.76. The molecule has 10 nitrogen and oxygen atoms in total. The Hall–Kier alpha value is -4.18. The summed E-state index contributed by atoms with van der Waals surface area (Å²) in [5, 5.41) is 19.0. The van der Waals surface area contributed by atoms with Crippen molar-refractivity contribution in [3.8, 4) is 0 Å². The van der Waals surface area contributed by atoms with Crippen molar-refractivity contribution in [3.05, 3.63) is 77.5 Å². The second kappa shape index (κ2) is 17.2. The molecule has 0 radical (unpaired) electrons. The Balaban J connectivity index is 2.15. The average Bonchev–Trinajstić information content (AvgIpc) is 2.96. The van der Waals surface area contributed by atoms with Crippen molar-refractivity contribution in [2.45, 2.75) is 91.7 Å². The summed E-state index contributed by atoms with van der Waals surface area (Å²) in [4.78, 5) is 52.0. The van der Waals surface area contributed by atoms with Crippen LogP contribution < -0.4 is 16.0 Å². The Morgan fingerprint density at radius 2 is 1.48 bits per heavy atom. The van der Waals surface area contributed by atoms with E-state index in [1.807, 2.05) is 50.2 Å². The van der Waals surface area contributed by atoms with Gasteiger partial charge in [0.15, 0.2) is 0 Å². The van der Waals surface area contributed by atoms with Gasteiger partial charge in [-0.15, -0.1) is 0 Å². The number of carbonyl (C=O) groups is 4. The maximum atomic E-state index is 13.4. The van der Waals surface area contributed by atoms with Crippen LogP contribution in [0, 0.1) is 11.8 Å². The van der Waals surface area contributed by atoms with Crippen molar-refractivity contribution in [2.24, 2.45) is 11.8 Å². The molecule has 0 heterocycles. The molecular formula is C34H47N3O7. The number of ether oxygens (including phenoxy) is 2. The van der Waals surface area contributed by atoms with Crippen LogP contribution in [-0.2, 0) is 30.5 Å². The quantitative estimate of drug-likeness (QED) is 0.227. The highest BCUT2D eigenvalue weighted by Gasteiger charge is 2.33. The zero-order valence-electron chi connectivity index (χ0n) is 26.8. The monoisotopic (exact) mass is 609 g/mol. The maximum Gasteiger partial charge on any atom is 0.411 e. The van der Waals surface area contributed by atoms with E-state index in [0.29, 0.717) is 12.0 Å². The normalized spacial score (nSPS) is 14.5. The molecule has 0 aliphatic heterocycles. The van der Waals surface area contributed by atoms with Crippen molar-refractivity contribution < 1.29 is 33.8 Å². The van der Waals surface area contributed by atoms with E-state index in [9.17, 15) is 24.3 Å². The fourth-order valence-corrected chi connectivity index (χ4v) is 4.14. The van der Waals surface area contributed by atoms with Crippen molar-refractivity contribution in [2.75, 3.05) is 0 Å². The second-order valence-electron chi connectivity index (χ2n) is 12.1. The molecule has 0 aliphatic carbocycles. The first kappa shape index (κ1) is 36.0. The molecule has 2 rings (SSSR count). The molecule has 10 heteroatoms. The Morgan fingerprint density at radius 3 is 2.02 bits per heavy atom. The molecule has 44 heavy (non-hydrogen) atoms. The van der Waals surface area contributed by atoms with Gasteiger partial charge in [0, 0.05) is 0 Å². The molecule has 0 bridgehead atoms. The van der Waals surface area contributed by atoms with Gasteiger partial charge in [0.25, 0.3) is 0 Å².